The number of rotatable bonds is 4. The number of carbonyl (C=O) groups excluding carboxylic acids is 1. The Hall–Kier alpha value is -1.91. The van der Waals surface area contributed by atoms with Crippen LogP contribution in [0.3, 0.4) is 0 Å². The molecule has 3 rings (SSSR count). The second-order valence-corrected chi connectivity index (χ2v) is 9.31. The number of aliphatic hydroxyl groups is 1. The molecule has 7 nitrogen and oxygen atoms in total. The number of halogens is 3. The number of amides is 1. The largest absolute Gasteiger partial charge is 0.398 e. The van der Waals surface area contributed by atoms with Crippen LogP contribution in [0.4, 0.5) is 15.8 Å². The summed E-state index contributed by atoms with van der Waals surface area (Å²) >= 11 is 11.8. The zero-order valence-corrected chi connectivity index (χ0v) is 17.4. The summed E-state index contributed by atoms with van der Waals surface area (Å²) in [5, 5.41) is 12.6. The van der Waals surface area contributed by atoms with Crippen LogP contribution in [0, 0.1) is 5.82 Å². The van der Waals surface area contributed by atoms with Crippen LogP contribution in [0.15, 0.2) is 35.2 Å². The molecular formula is C18H18Cl2FN3O4S. The van der Waals surface area contributed by atoms with E-state index >= 15 is 0 Å². The maximum Gasteiger partial charge on any atom is 0.257 e. The number of carbonyl (C=O) groups is 1. The molecule has 0 aromatic heterocycles. The van der Waals surface area contributed by atoms with Crippen molar-refractivity contribution in [3.05, 3.63) is 51.8 Å². The summed E-state index contributed by atoms with van der Waals surface area (Å²) in [5.41, 5.74) is 5.64. The number of sulfonamides is 1. The lowest BCUT2D eigenvalue weighted by Crippen LogP contribution is -2.40. The van der Waals surface area contributed by atoms with Crippen molar-refractivity contribution in [2.75, 3.05) is 24.1 Å². The van der Waals surface area contributed by atoms with Crippen LogP contribution in [-0.4, -0.2) is 42.9 Å². The van der Waals surface area contributed by atoms with Crippen LogP contribution in [-0.2, 0) is 10.0 Å². The van der Waals surface area contributed by atoms with Gasteiger partial charge in [0.25, 0.3) is 5.91 Å². The van der Waals surface area contributed by atoms with Gasteiger partial charge in [0.1, 0.15) is 10.7 Å². The highest BCUT2D eigenvalue weighted by atomic mass is 35.5. The van der Waals surface area contributed by atoms with Crippen molar-refractivity contribution < 1.29 is 22.7 Å². The fourth-order valence-electron chi connectivity index (χ4n) is 2.96. The van der Waals surface area contributed by atoms with Gasteiger partial charge in [-0.1, -0.05) is 23.2 Å². The molecule has 0 atom stereocenters. The molecule has 2 aromatic rings. The SMILES string of the molecule is Nc1cc(F)c(S(=O)(=O)N2CCC(O)CC2)cc1C(=O)Nc1ccc(Cl)c(Cl)c1. The van der Waals surface area contributed by atoms with E-state index in [9.17, 15) is 22.7 Å². The van der Waals surface area contributed by atoms with E-state index in [4.69, 9.17) is 28.9 Å². The molecule has 11 heteroatoms. The number of nitrogens with one attached hydrogen (secondary N) is 1. The summed E-state index contributed by atoms with van der Waals surface area (Å²) in [6.45, 7) is 0.107. The summed E-state index contributed by atoms with van der Waals surface area (Å²) in [5.74, 6) is -1.79. The van der Waals surface area contributed by atoms with Gasteiger partial charge in [-0.05, 0) is 43.2 Å². The van der Waals surface area contributed by atoms with Crippen LogP contribution in [0.25, 0.3) is 0 Å². The van der Waals surface area contributed by atoms with Crippen molar-refractivity contribution in [2.24, 2.45) is 0 Å². The molecule has 0 radical (unpaired) electrons. The first kappa shape index (κ1) is 21.8. The maximum absolute atomic E-state index is 14.4. The third-order valence-electron chi connectivity index (χ3n) is 4.57. The monoisotopic (exact) mass is 461 g/mol. The molecule has 1 fully saturated rings. The van der Waals surface area contributed by atoms with Crippen molar-refractivity contribution >= 4 is 50.5 Å². The number of hydrogen-bond donors (Lipinski definition) is 3. The minimum atomic E-state index is -4.20. The number of aliphatic hydroxyl groups excluding tert-OH is 1. The summed E-state index contributed by atoms with van der Waals surface area (Å²) < 4.78 is 41.2. The van der Waals surface area contributed by atoms with Gasteiger partial charge < -0.3 is 16.2 Å². The molecule has 1 aliphatic rings. The van der Waals surface area contributed by atoms with E-state index in [0.29, 0.717) is 10.7 Å². The van der Waals surface area contributed by atoms with Crippen LogP contribution in [0.1, 0.15) is 23.2 Å². The van der Waals surface area contributed by atoms with Crippen LogP contribution in [0.2, 0.25) is 10.0 Å². The second-order valence-electron chi connectivity index (χ2n) is 6.59. The van der Waals surface area contributed by atoms with Gasteiger partial charge >= 0.3 is 0 Å². The summed E-state index contributed by atoms with van der Waals surface area (Å²) in [6.07, 6.45) is -0.0914. The highest BCUT2D eigenvalue weighted by Gasteiger charge is 2.32. The highest BCUT2D eigenvalue weighted by molar-refractivity contribution is 7.89. The molecular weight excluding hydrogens is 444 g/mol. The van der Waals surface area contributed by atoms with Crippen LogP contribution < -0.4 is 11.1 Å². The van der Waals surface area contributed by atoms with E-state index in [-0.39, 0.29) is 42.2 Å². The van der Waals surface area contributed by atoms with Gasteiger partial charge in [-0.25, -0.2) is 12.8 Å². The van der Waals surface area contributed by atoms with Gasteiger partial charge in [-0.3, -0.25) is 4.79 Å². The number of nitrogens with two attached hydrogens (primary N) is 1. The first-order valence-corrected chi connectivity index (χ1v) is 10.8. The van der Waals surface area contributed by atoms with E-state index in [1.807, 2.05) is 0 Å². The molecule has 0 saturated carbocycles. The Kier molecular flexibility index (Phi) is 6.35. The van der Waals surface area contributed by atoms with E-state index in [1.165, 1.54) is 18.2 Å². The van der Waals surface area contributed by atoms with Gasteiger partial charge in [0.15, 0.2) is 0 Å². The third kappa shape index (κ3) is 4.65. The molecule has 0 bridgehead atoms. The fraction of sp³-hybridized carbons (Fsp3) is 0.278. The van der Waals surface area contributed by atoms with Crippen molar-refractivity contribution in [2.45, 2.75) is 23.8 Å². The van der Waals surface area contributed by atoms with Crippen LogP contribution in [0.5, 0.6) is 0 Å². The number of hydrogen-bond acceptors (Lipinski definition) is 5. The van der Waals surface area contributed by atoms with E-state index in [2.05, 4.69) is 5.32 Å². The van der Waals surface area contributed by atoms with Gasteiger partial charge in [0, 0.05) is 24.5 Å². The first-order valence-electron chi connectivity index (χ1n) is 8.63. The molecule has 1 saturated heterocycles. The normalized spacial score (nSPS) is 16.0. The standard InChI is InChI=1S/C18H18Cl2FN3O4S/c19-13-2-1-10(7-14(13)20)23-18(26)12-8-17(15(21)9-16(12)22)29(27,28)24-5-3-11(25)4-6-24/h1-2,7-9,11,25H,3-6,22H2,(H,23,26). The lowest BCUT2D eigenvalue weighted by Gasteiger charge is -2.29. The third-order valence-corrected chi connectivity index (χ3v) is 7.22. The molecule has 1 heterocycles. The van der Waals surface area contributed by atoms with Crippen molar-refractivity contribution in [1.29, 1.82) is 0 Å². The Labute approximate surface area is 177 Å². The fourth-order valence-corrected chi connectivity index (χ4v) is 4.80. The highest BCUT2D eigenvalue weighted by Crippen LogP contribution is 2.29. The lowest BCUT2D eigenvalue weighted by molar-refractivity contribution is 0.102. The van der Waals surface area contributed by atoms with E-state index < -0.39 is 32.7 Å². The maximum atomic E-state index is 14.4. The van der Waals surface area contributed by atoms with Crippen molar-refractivity contribution in [3.8, 4) is 0 Å². The number of anilines is 2. The summed E-state index contributed by atoms with van der Waals surface area (Å²) in [4.78, 5) is 12.0. The molecule has 0 spiro atoms. The minimum absolute atomic E-state index is 0.0537. The molecule has 29 heavy (non-hydrogen) atoms. The van der Waals surface area contributed by atoms with Gasteiger partial charge in [-0.15, -0.1) is 0 Å². The number of nitrogen functional groups attached to an aromatic ring is 1. The summed E-state index contributed by atoms with van der Waals surface area (Å²) in [6, 6.07) is 6.11. The molecule has 1 aliphatic heterocycles. The van der Waals surface area contributed by atoms with Gasteiger partial charge in [0.05, 0.1) is 21.7 Å². The number of piperidine rings is 1. The van der Waals surface area contributed by atoms with Gasteiger partial charge in [0.2, 0.25) is 10.0 Å². The van der Waals surface area contributed by atoms with Crippen molar-refractivity contribution in [1.82, 2.24) is 4.31 Å². The predicted octanol–water partition coefficient (Wildman–Crippen LogP) is 3.11. The van der Waals surface area contributed by atoms with Crippen molar-refractivity contribution in [3.63, 3.8) is 0 Å². The smallest absolute Gasteiger partial charge is 0.257 e. The Balaban J connectivity index is 1.92. The Morgan fingerprint density at radius 2 is 1.83 bits per heavy atom. The zero-order chi connectivity index (χ0) is 21.3. The zero-order valence-electron chi connectivity index (χ0n) is 15.0. The van der Waals surface area contributed by atoms with Gasteiger partial charge in [-0.2, -0.15) is 4.31 Å². The topological polar surface area (TPSA) is 113 Å². The molecule has 1 amide bonds. The van der Waals surface area contributed by atoms with Crippen LogP contribution >= 0.6 is 23.2 Å². The first-order chi connectivity index (χ1) is 13.6. The Morgan fingerprint density at radius 1 is 1.17 bits per heavy atom. The quantitative estimate of drug-likeness (QED) is 0.605. The number of benzene rings is 2. The molecule has 156 valence electrons. The average molecular weight is 462 g/mol. The Bertz CT molecular complexity index is 1060. The molecule has 2 aromatic carbocycles. The molecule has 4 N–H and O–H groups in total. The average Bonchev–Trinajstić information content (AvgIpc) is 2.65. The lowest BCUT2D eigenvalue weighted by atomic mass is 10.1. The minimum Gasteiger partial charge on any atom is -0.398 e. The molecule has 0 aliphatic carbocycles. The molecule has 0 unspecified atom stereocenters. The van der Waals surface area contributed by atoms with E-state index in [0.717, 1.165) is 16.4 Å². The number of nitrogens with zero attached hydrogens (tertiary/aromatic N) is 1. The second kappa shape index (κ2) is 8.45. The Morgan fingerprint density at radius 3 is 2.45 bits per heavy atom. The predicted molar refractivity (Wildman–Crippen MR) is 109 cm³/mol. The summed E-state index contributed by atoms with van der Waals surface area (Å²) in [7, 11) is -4.20. The van der Waals surface area contributed by atoms with E-state index in [1.54, 1.807) is 0 Å².